The number of amidine groups is 1. The van der Waals surface area contributed by atoms with E-state index in [1.807, 2.05) is 4.90 Å². The molecule has 29 heavy (non-hydrogen) atoms. The number of amides is 2. The van der Waals surface area contributed by atoms with Crippen LogP contribution in [0.15, 0.2) is 35.8 Å². The molecule has 4 bridgehead atoms. The van der Waals surface area contributed by atoms with Crippen LogP contribution in [0.1, 0.15) is 62.5 Å². The van der Waals surface area contributed by atoms with Crippen LogP contribution < -0.4 is 5.32 Å². The molecule has 156 valence electrons. The van der Waals surface area contributed by atoms with Crippen molar-refractivity contribution < 1.29 is 4.79 Å². The van der Waals surface area contributed by atoms with E-state index in [9.17, 15) is 4.79 Å². The number of rotatable bonds is 1. The van der Waals surface area contributed by atoms with Gasteiger partial charge in [0.05, 0.1) is 0 Å². The van der Waals surface area contributed by atoms with Gasteiger partial charge in [0.15, 0.2) is 0 Å². The summed E-state index contributed by atoms with van der Waals surface area (Å²) in [6, 6.07) is 9.23. The molecule has 4 aliphatic rings. The minimum Gasteiger partial charge on any atom is -0.371 e. The van der Waals surface area contributed by atoms with Crippen LogP contribution in [0.4, 0.5) is 4.79 Å². The first kappa shape index (κ1) is 20.1. The lowest BCUT2D eigenvalue weighted by atomic mass is 9.95. The van der Waals surface area contributed by atoms with E-state index in [4.69, 9.17) is 0 Å². The molecule has 3 aliphatic heterocycles. The van der Waals surface area contributed by atoms with E-state index < -0.39 is 0 Å². The highest BCUT2D eigenvalue weighted by atomic mass is 16.2. The lowest BCUT2D eigenvalue weighted by molar-refractivity contribution is 0.191. The predicted molar refractivity (Wildman–Crippen MR) is 119 cm³/mol. The maximum atomic E-state index is 13.0. The second kappa shape index (κ2) is 9.57. The maximum absolute atomic E-state index is 13.0. The van der Waals surface area contributed by atoms with Crippen LogP contribution >= 0.6 is 0 Å². The number of benzene rings is 1. The van der Waals surface area contributed by atoms with E-state index in [1.54, 1.807) is 0 Å². The summed E-state index contributed by atoms with van der Waals surface area (Å²) in [5.74, 6) is 0.880. The van der Waals surface area contributed by atoms with Gasteiger partial charge in [-0.15, -0.1) is 0 Å². The van der Waals surface area contributed by atoms with Gasteiger partial charge in [0.2, 0.25) is 0 Å². The number of urea groups is 1. The number of allylic oxidation sites excluding steroid dienone is 1. The second-order valence-corrected chi connectivity index (χ2v) is 8.74. The SMILES string of the molecule is C=C1CCCN2CCN(CC/C(NC3CCCCC3)=N\C2=O)Cc2ccc1cc2. The van der Waals surface area contributed by atoms with E-state index in [2.05, 4.69) is 46.1 Å². The molecule has 1 aromatic rings. The Morgan fingerprint density at radius 3 is 2.52 bits per heavy atom. The molecule has 1 atom stereocenters. The van der Waals surface area contributed by atoms with Gasteiger partial charge in [-0.1, -0.05) is 50.1 Å². The normalized spacial score (nSPS) is 26.4. The van der Waals surface area contributed by atoms with Crippen LogP contribution in [0, 0.1) is 0 Å². The molecule has 0 radical (unpaired) electrons. The third-order valence-electron chi connectivity index (χ3n) is 6.50. The summed E-state index contributed by atoms with van der Waals surface area (Å²) in [5.41, 5.74) is 3.67. The van der Waals surface area contributed by atoms with Crippen LogP contribution in [0.2, 0.25) is 0 Å². The zero-order valence-corrected chi connectivity index (χ0v) is 17.5. The first-order valence-corrected chi connectivity index (χ1v) is 11.3. The fourth-order valence-electron chi connectivity index (χ4n) is 4.66. The van der Waals surface area contributed by atoms with Gasteiger partial charge in [-0.25, -0.2) is 4.79 Å². The van der Waals surface area contributed by atoms with E-state index >= 15 is 0 Å². The average molecular weight is 395 g/mol. The van der Waals surface area contributed by atoms with Crippen molar-refractivity contribution in [3.63, 3.8) is 0 Å². The van der Waals surface area contributed by atoms with Crippen molar-refractivity contribution in [2.45, 2.75) is 64.0 Å². The highest BCUT2D eigenvalue weighted by Crippen LogP contribution is 2.21. The molecule has 0 saturated heterocycles. The Balaban J connectivity index is 1.54. The minimum absolute atomic E-state index is 0.0785. The number of aliphatic imine (C=N–C) groups is 1. The number of nitrogens with one attached hydrogen (secondary N) is 1. The second-order valence-electron chi connectivity index (χ2n) is 8.74. The standard InChI is InChI=1S/C24H34N4O/c1-19-6-5-14-28-17-16-27(18-20-9-11-21(19)12-10-20)15-13-23(26-24(28)29)25-22-7-3-2-4-8-22/h9-12,22H,1-8,13-18H2,(H,25,26,29). The van der Waals surface area contributed by atoms with E-state index in [0.29, 0.717) is 6.04 Å². The Morgan fingerprint density at radius 2 is 1.72 bits per heavy atom. The number of carbonyl (C=O) groups excluding carboxylic acids is 1. The molecule has 1 aliphatic carbocycles. The molecular formula is C24H34N4O. The van der Waals surface area contributed by atoms with Crippen molar-refractivity contribution in [2.75, 3.05) is 26.2 Å². The maximum Gasteiger partial charge on any atom is 0.345 e. The van der Waals surface area contributed by atoms with Gasteiger partial charge in [-0.3, -0.25) is 4.90 Å². The minimum atomic E-state index is -0.0785. The molecule has 3 heterocycles. The Morgan fingerprint density at radius 1 is 0.931 bits per heavy atom. The molecule has 1 unspecified atom stereocenters. The summed E-state index contributed by atoms with van der Waals surface area (Å²) in [6.45, 7) is 8.45. The van der Waals surface area contributed by atoms with Crippen molar-refractivity contribution in [3.8, 4) is 0 Å². The Hall–Kier alpha value is -2.14. The first-order valence-electron chi connectivity index (χ1n) is 11.3. The summed E-state index contributed by atoms with van der Waals surface area (Å²) >= 11 is 0. The molecule has 1 N–H and O–H groups in total. The van der Waals surface area contributed by atoms with Crippen LogP contribution in [0.5, 0.6) is 0 Å². The summed E-state index contributed by atoms with van der Waals surface area (Å²) < 4.78 is 0. The van der Waals surface area contributed by atoms with E-state index in [-0.39, 0.29) is 6.03 Å². The quantitative estimate of drug-likeness (QED) is 0.766. The van der Waals surface area contributed by atoms with Gasteiger partial charge in [0.25, 0.3) is 0 Å². The van der Waals surface area contributed by atoms with Gasteiger partial charge < -0.3 is 10.2 Å². The summed E-state index contributed by atoms with van der Waals surface area (Å²) in [6.07, 6.45) is 8.90. The fraction of sp³-hybridized carbons (Fsp3) is 0.583. The zero-order chi connectivity index (χ0) is 20.1. The van der Waals surface area contributed by atoms with E-state index in [0.717, 1.165) is 63.4 Å². The molecule has 2 amide bonds. The molecule has 0 aromatic heterocycles. The average Bonchev–Trinajstić information content (AvgIpc) is 2.81. The number of nitrogens with zero attached hydrogens (tertiary/aromatic N) is 3. The van der Waals surface area contributed by atoms with Crippen LogP contribution in [-0.4, -0.2) is 53.9 Å². The number of hydrogen-bond donors (Lipinski definition) is 1. The number of fused-ring (bicyclic) bond motifs is 5. The van der Waals surface area contributed by atoms with Gasteiger partial charge in [-0.2, -0.15) is 4.99 Å². The Kier molecular flexibility index (Phi) is 6.65. The molecule has 5 rings (SSSR count). The van der Waals surface area contributed by atoms with Gasteiger partial charge in [0.1, 0.15) is 5.84 Å². The third-order valence-corrected chi connectivity index (χ3v) is 6.50. The largest absolute Gasteiger partial charge is 0.371 e. The van der Waals surface area contributed by atoms with Crippen LogP contribution in [0.25, 0.3) is 5.57 Å². The summed E-state index contributed by atoms with van der Waals surface area (Å²) in [7, 11) is 0. The third kappa shape index (κ3) is 5.47. The molecule has 1 aromatic carbocycles. The molecule has 5 heteroatoms. The van der Waals surface area contributed by atoms with Crippen molar-refractivity contribution in [3.05, 3.63) is 42.0 Å². The first-order chi connectivity index (χ1) is 14.2. The van der Waals surface area contributed by atoms with Gasteiger partial charge in [0, 0.05) is 45.2 Å². The van der Waals surface area contributed by atoms with Gasteiger partial charge in [-0.05, 0) is 42.4 Å². The number of carbonyl (C=O) groups is 1. The molecule has 1 fully saturated rings. The van der Waals surface area contributed by atoms with Crippen molar-refractivity contribution >= 4 is 17.4 Å². The highest BCUT2D eigenvalue weighted by Gasteiger charge is 2.22. The van der Waals surface area contributed by atoms with Crippen molar-refractivity contribution in [1.29, 1.82) is 0 Å². The van der Waals surface area contributed by atoms with Crippen molar-refractivity contribution in [1.82, 2.24) is 15.1 Å². The highest BCUT2D eigenvalue weighted by molar-refractivity contribution is 5.94. The lowest BCUT2D eigenvalue weighted by Gasteiger charge is -2.26. The Bertz CT molecular complexity index is 749. The summed E-state index contributed by atoms with van der Waals surface area (Å²) in [5, 5.41) is 3.62. The molecule has 0 spiro atoms. The molecule has 5 nitrogen and oxygen atoms in total. The predicted octanol–water partition coefficient (Wildman–Crippen LogP) is 4.44. The van der Waals surface area contributed by atoms with Crippen LogP contribution in [-0.2, 0) is 6.54 Å². The van der Waals surface area contributed by atoms with Crippen molar-refractivity contribution in [2.24, 2.45) is 4.99 Å². The smallest absolute Gasteiger partial charge is 0.345 e. The topological polar surface area (TPSA) is 47.9 Å². The van der Waals surface area contributed by atoms with E-state index in [1.165, 1.54) is 43.2 Å². The summed E-state index contributed by atoms with van der Waals surface area (Å²) in [4.78, 5) is 21.9. The zero-order valence-electron chi connectivity index (χ0n) is 17.5. The monoisotopic (exact) mass is 394 g/mol. The fourth-order valence-corrected chi connectivity index (χ4v) is 4.66. The van der Waals surface area contributed by atoms with Crippen LogP contribution in [0.3, 0.4) is 0 Å². The number of hydrogen-bond acceptors (Lipinski definition) is 3. The lowest BCUT2D eigenvalue weighted by Crippen LogP contribution is -2.38. The molecular weight excluding hydrogens is 360 g/mol. The molecule has 1 saturated carbocycles. The Labute approximate surface area is 174 Å². The van der Waals surface area contributed by atoms with Gasteiger partial charge >= 0.3 is 6.03 Å².